The fourth-order valence-corrected chi connectivity index (χ4v) is 3.69. The first-order valence-electron chi connectivity index (χ1n) is 10.1. The van der Waals surface area contributed by atoms with Gasteiger partial charge >= 0.3 is 5.76 Å². The van der Waals surface area contributed by atoms with E-state index < -0.39 is 17.4 Å². The van der Waals surface area contributed by atoms with Crippen LogP contribution in [0.4, 0.5) is 0 Å². The molecule has 3 aromatic rings. The maximum absolute atomic E-state index is 12.6. The van der Waals surface area contributed by atoms with Crippen molar-refractivity contribution in [3.8, 4) is 17.2 Å². The van der Waals surface area contributed by atoms with Crippen molar-refractivity contribution in [3.05, 3.63) is 58.6 Å². The zero-order valence-electron chi connectivity index (χ0n) is 17.5. The number of carbonyl (C=O) groups is 1. The number of hydrogen-bond donors (Lipinski definition) is 2. The lowest BCUT2D eigenvalue weighted by Gasteiger charge is -2.33. The van der Waals surface area contributed by atoms with E-state index in [-0.39, 0.29) is 5.91 Å². The van der Waals surface area contributed by atoms with Crippen LogP contribution in [-0.4, -0.2) is 41.8 Å². The van der Waals surface area contributed by atoms with E-state index in [0.717, 1.165) is 22.2 Å². The number of nitriles is 1. The molecule has 2 heterocycles. The Morgan fingerprint density at radius 3 is 2.71 bits per heavy atom. The van der Waals surface area contributed by atoms with Crippen LogP contribution >= 0.6 is 0 Å². The Kier molecular flexibility index (Phi) is 5.63. The molecular weight excluding hydrogens is 396 g/mol. The number of aromatic nitrogens is 1. The molecule has 1 aliphatic heterocycles. The lowest BCUT2D eigenvalue weighted by molar-refractivity contribution is -0.148. The summed E-state index contributed by atoms with van der Waals surface area (Å²) in [4.78, 5) is 24.3. The number of carbonyl (C=O) groups excluding carboxylic acids is 1. The van der Waals surface area contributed by atoms with Crippen LogP contribution in [0.1, 0.15) is 12.5 Å². The molecule has 1 amide bonds. The Balaban J connectivity index is 1.46. The van der Waals surface area contributed by atoms with Gasteiger partial charge in [0, 0.05) is 26.6 Å². The third-order valence-electron chi connectivity index (χ3n) is 5.62. The summed E-state index contributed by atoms with van der Waals surface area (Å²) in [5, 5.41) is 15.5. The number of nitrogens with one attached hydrogen (secondary N) is 2. The highest BCUT2D eigenvalue weighted by molar-refractivity contribution is 5.85. The van der Waals surface area contributed by atoms with E-state index in [1.54, 1.807) is 20.0 Å². The molecule has 0 radical (unpaired) electrons. The van der Waals surface area contributed by atoms with E-state index in [4.69, 9.17) is 9.15 Å². The third-order valence-corrected chi connectivity index (χ3v) is 5.62. The van der Waals surface area contributed by atoms with Crippen molar-refractivity contribution in [2.45, 2.75) is 25.0 Å². The van der Waals surface area contributed by atoms with Crippen LogP contribution in [0.25, 0.3) is 22.2 Å². The third kappa shape index (κ3) is 4.24. The molecule has 0 spiro atoms. The van der Waals surface area contributed by atoms with Gasteiger partial charge in [-0.25, -0.2) is 4.79 Å². The number of rotatable bonds is 5. The van der Waals surface area contributed by atoms with Crippen LogP contribution in [0, 0.1) is 11.3 Å². The summed E-state index contributed by atoms with van der Waals surface area (Å²) in [7, 11) is 1.67. The summed E-state index contributed by atoms with van der Waals surface area (Å²) in [6.45, 7) is 3.31. The standard InChI is InChI=1S/C23H24N4O4/c1-23(14-25-9-10-30-23)21(28)26-18(13-24)11-15-3-5-16(6-4-15)17-7-8-20-19(12-17)27(2)22(29)31-20/h3-8,12,18,25H,9-11,14H2,1-2H3,(H,26,28)/t18-,23?/m0/s1. The minimum Gasteiger partial charge on any atom is -0.408 e. The summed E-state index contributed by atoms with van der Waals surface area (Å²) < 4.78 is 12.3. The van der Waals surface area contributed by atoms with E-state index >= 15 is 0 Å². The minimum atomic E-state index is -0.969. The molecule has 2 N–H and O–H groups in total. The zero-order valence-corrected chi connectivity index (χ0v) is 17.5. The number of benzene rings is 2. The van der Waals surface area contributed by atoms with Crippen LogP contribution in [0.3, 0.4) is 0 Å². The van der Waals surface area contributed by atoms with Gasteiger partial charge < -0.3 is 19.8 Å². The highest BCUT2D eigenvalue weighted by Gasteiger charge is 2.37. The summed E-state index contributed by atoms with van der Waals surface area (Å²) in [6, 6.07) is 14.9. The number of nitrogens with zero attached hydrogens (tertiary/aromatic N) is 2. The van der Waals surface area contributed by atoms with Gasteiger partial charge in [0.2, 0.25) is 0 Å². The first-order valence-corrected chi connectivity index (χ1v) is 10.1. The molecule has 1 aliphatic rings. The normalized spacial score (nSPS) is 19.6. The Morgan fingerprint density at radius 2 is 2.03 bits per heavy atom. The Bertz CT molecular complexity index is 1200. The number of ether oxygens (including phenoxy) is 1. The average molecular weight is 420 g/mol. The molecule has 160 valence electrons. The molecule has 1 aromatic heterocycles. The van der Waals surface area contributed by atoms with Gasteiger partial charge in [-0.05, 0) is 35.7 Å². The van der Waals surface area contributed by atoms with Gasteiger partial charge in [-0.15, -0.1) is 0 Å². The second-order valence-electron chi connectivity index (χ2n) is 7.92. The minimum absolute atomic E-state index is 0.290. The quantitative estimate of drug-likeness (QED) is 0.651. The van der Waals surface area contributed by atoms with Crippen LogP contribution in [-0.2, 0) is 23.0 Å². The summed E-state index contributed by atoms with van der Waals surface area (Å²) in [5.74, 6) is -0.683. The molecule has 31 heavy (non-hydrogen) atoms. The van der Waals surface area contributed by atoms with Gasteiger partial charge in [0.15, 0.2) is 11.2 Å². The van der Waals surface area contributed by atoms with Crippen LogP contribution in [0.15, 0.2) is 51.7 Å². The number of amides is 1. The van der Waals surface area contributed by atoms with Gasteiger partial charge in [0.1, 0.15) is 6.04 Å². The van der Waals surface area contributed by atoms with Crippen LogP contribution in [0.2, 0.25) is 0 Å². The molecule has 0 aliphatic carbocycles. The van der Waals surface area contributed by atoms with Crippen LogP contribution < -0.4 is 16.4 Å². The van der Waals surface area contributed by atoms with E-state index in [0.29, 0.717) is 31.7 Å². The van der Waals surface area contributed by atoms with Crippen molar-refractivity contribution in [2.24, 2.45) is 7.05 Å². The van der Waals surface area contributed by atoms with E-state index in [2.05, 4.69) is 16.7 Å². The zero-order chi connectivity index (χ0) is 22.0. The van der Waals surface area contributed by atoms with Gasteiger partial charge in [0.25, 0.3) is 5.91 Å². The average Bonchev–Trinajstić information content (AvgIpc) is 3.07. The van der Waals surface area contributed by atoms with Gasteiger partial charge in [0.05, 0.1) is 18.2 Å². The molecule has 8 heteroatoms. The molecule has 2 atom stereocenters. The summed E-state index contributed by atoms with van der Waals surface area (Å²) in [6.07, 6.45) is 0.390. The number of fused-ring (bicyclic) bond motifs is 1. The number of hydrogen-bond acceptors (Lipinski definition) is 6. The molecular formula is C23H24N4O4. The van der Waals surface area contributed by atoms with Crippen molar-refractivity contribution < 1.29 is 13.9 Å². The predicted molar refractivity (Wildman–Crippen MR) is 115 cm³/mol. The van der Waals surface area contributed by atoms with Crippen molar-refractivity contribution >= 4 is 17.0 Å². The summed E-state index contributed by atoms with van der Waals surface area (Å²) >= 11 is 0. The molecule has 4 rings (SSSR count). The monoisotopic (exact) mass is 420 g/mol. The van der Waals surface area contributed by atoms with Crippen molar-refractivity contribution in [3.63, 3.8) is 0 Å². The largest absolute Gasteiger partial charge is 0.419 e. The van der Waals surface area contributed by atoms with Gasteiger partial charge in [-0.2, -0.15) is 5.26 Å². The van der Waals surface area contributed by atoms with Crippen LogP contribution in [0.5, 0.6) is 0 Å². The van der Waals surface area contributed by atoms with Crippen molar-refractivity contribution in [2.75, 3.05) is 19.7 Å². The lowest BCUT2D eigenvalue weighted by atomic mass is 9.99. The molecule has 0 bridgehead atoms. The van der Waals surface area contributed by atoms with E-state index in [1.165, 1.54) is 4.57 Å². The van der Waals surface area contributed by atoms with Gasteiger partial charge in [-0.1, -0.05) is 30.3 Å². The number of oxazole rings is 1. The van der Waals surface area contributed by atoms with Crippen molar-refractivity contribution in [1.82, 2.24) is 15.2 Å². The van der Waals surface area contributed by atoms with E-state index in [9.17, 15) is 14.9 Å². The maximum Gasteiger partial charge on any atom is 0.419 e. The molecule has 8 nitrogen and oxygen atoms in total. The Labute approximate surface area is 179 Å². The Hall–Kier alpha value is -3.41. The number of morpholine rings is 1. The highest BCUT2D eigenvalue weighted by atomic mass is 16.5. The first kappa shape index (κ1) is 20.8. The fourth-order valence-electron chi connectivity index (χ4n) is 3.69. The first-order chi connectivity index (χ1) is 14.9. The molecule has 0 saturated carbocycles. The molecule has 2 aromatic carbocycles. The topological polar surface area (TPSA) is 109 Å². The van der Waals surface area contributed by atoms with Crippen molar-refractivity contribution in [1.29, 1.82) is 5.26 Å². The van der Waals surface area contributed by atoms with Gasteiger partial charge in [-0.3, -0.25) is 9.36 Å². The fraction of sp³-hybridized carbons (Fsp3) is 0.348. The smallest absolute Gasteiger partial charge is 0.408 e. The van der Waals surface area contributed by atoms with E-state index in [1.807, 2.05) is 36.4 Å². The maximum atomic E-state index is 12.6. The summed E-state index contributed by atoms with van der Waals surface area (Å²) in [5.41, 5.74) is 3.17. The molecule has 1 saturated heterocycles. The Morgan fingerprint density at radius 1 is 1.29 bits per heavy atom. The second-order valence-corrected chi connectivity index (χ2v) is 7.92. The SMILES string of the molecule is Cn1c(=O)oc2ccc(-c3ccc(C[C@@H](C#N)NC(=O)C4(C)CNCCO4)cc3)cc21. The lowest BCUT2D eigenvalue weighted by Crippen LogP contribution is -2.58. The highest BCUT2D eigenvalue weighted by Crippen LogP contribution is 2.24. The predicted octanol–water partition coefficient (Wildman–Crippen LogP) is 1.73. The second kappa shape index (κ2) is 8.38. The molecule has 1 fully saturated rings. The number of aryl methyl sites for hydroxylation is 1. The molecule has 1 unspecified atom stereocenters.